The van der Waals surface area contributed by atoms with Crippen LogP contribution in [0.2, 0.25) is 0 Å². The standard InChI is InChI=1S/C13H20N2O4/c1-4-10(8(2)3)15-13(18)14-7-9-5-6-11(19-9)12(16)17/h5-6,8,10H,4,7H2,1-3H3,(H,16,17)(H2,14,15,18). The lowest BCUT2D eigenvalue weighted by Gasteiger charge is -2.20. The number of carbonyl (C=O) groups is 2. The van der Waals surface area contributed by atoms with E-state index in [2.05, 4.69) is 10.6 Å². The zero-order valence-electron chi connectivity index (χ0n) is 11.4. The van der Waals surface area contributed by atoms with E-state index >= 15 is 0 Å². The summed E-state index contributed by atoms with van der Waals surface area (Å²) in [6.45, 7) is 6.25. The molecule has 3 N–H and O–H groups in total. The summed E-state index contributed by atoms with van der Waals surface area (Å²) in [7, 11) is 0. The van der Waals surface area contributed by atoms with Crippen LogP contribution in [0.3, 0.4) is 0 Å². The largest absolute Gasteiger partial charge is 0.475 e. The Labute approximate surface area is 112 Å². The maximum absolute atomic E-state index is 11.7. The highest BCUT2D eigenvalue weighted by Crippen LogP contribution is 2.08. The SMILES string of the molecule is CCC(NC(=O)NCc1ccc(C(=O)O)o1)C(C)C. The molecule has 1 atom stereocenters. The van der Waals surface area contributed by atoms with Crippen molar-refractivity contribution in [1.82, 2.24) is 10.6 Å². The van der Waals surface area contributed by atoms with E-state index in [0.29, 0.717) is 11.7 Å². The minimum Gasteiger partial charge on any atom is -0.475 e. The Morgan fingerprint density at radius 1 is 1.37 bits per heavy atom. The number of rotatable bonds is 6. The number of nitrogens with one attached hydrogen (secondary N) is 2. The van der Waals surface area contributed by atoms with Gasteiger partial charge in [0.1, 0.15) is 5.76 Å². The summed E-state index contributed by atoms with van der Waals surface area (Å²) in [5, 5.41) is 14.2. The van der Waals surface area contributed by atoms with Crippen LogP contribution in [0.25, 0.3) is 0 Å². The van der Waals surface area contributed by atoms with Crippen molar-refractivity contribution in [3.63, 3.8) is 0 Å². The minimum absolute atomic E-state index is 0.117. The molecule has 0 fully saturated rings. The van der Waals surface area contributed by atoms with Crippen LogP contribution < -0.4 is 10.6 Å². The average molecular weight is 268 g/mol. The number of urea groups is 1. The molecule has 106 valence electrons. The van der Waals surface area contributed by atoms with Crippen molar-refractivity contribution in [2.45, 2.75) is 39.8 Å². The number of aromatic carboxylic acids is 1. The number of carboxylic acid groups (broad SMARTS) is 1. The van der Waals surface area contributed by atoms with Crippen LogP contribution in [0.5, 0.6) is 0 Å². The fourth-order valence-electron chi connectivity index (χ4n) is 1.71. The highest BCUT2D eigenvalue weighted by atomic mass is 16.4. The summed E-state index contributed by atoms with van der Waals surface area (Å²) in [5.74, 6) is -0.490. The van der Waals surface area contributed by atoms with E-state index in [-0.39, 0.29) is 24.4 Å². The molecule has 0 spiro atoms. The number of hydrogen-bond acceptors (Lipinski definition) is 3. The molecular weight excluding hydrogens is 248 g/mol. The van der Waals surface area contributed by atoms with Gasteiger partial charge in [-0.15, -0.1) is 0 Å². The van der Waals surface area contributed by atoms with Crippen LogP contribution >= 0.6 is 0 Å². The lowest BCUT2D eigenvalue weighted by molar-refractivity contribution is 0.0660. The lowest BCUT2D eigenvalue weighted by atomic mass is 10.0. The highest BCUT2D eigenvalue weighted by molar-refractivity contribution is 5.84. The molecule has 0 bridgehead atoms. The molecule has 1 aromatic heterocycles. The molecule has 19 heavy (non-hydrogen) atoms. The minimum atomic E-state index is -1.12. The third-order valence-corrected chi connectivity index (χ3v) is 2.86. The monoisotopic (exact) mass is 268 g/mol. The van der Waals surface area contributed by atoms with Gasteiger partial charge >= 0.3 is 12.0 Å². The Kier molecular flexibility index (Phi) is 5.41. The molecule has 0 aliphatic carbocycles. The summed E-state index contributed by atoms with van der Waals surface area (Å²) >= 11 is 0. The predicted octanol–water partition coefficient (Wildman–Crippen LogP) is 2.21. The number of amides is 2. The van der Waals surface area contributed by atoms with Crippen LogP contribution in [-0.2, 0) is 6.54 Å². The zero-order valence-corrected chi connectivity index (χ0v) is 11.4. The fourth-order valence-corrected chi connectivity index (χ4v) is 1.71. The van der Waals surface area contributed by atoms with Gasteiger partial charge in [-0.2, -0.15) is 0 Å². The van der Waals surface area contributed by atoms with Crippen LogP contribution in [0.1, 0.15) is 43.5 Å². The molecule has 2 amide bonds. The highest BCUT2D eigenvalue weighted by Gasteiger charge is 2.14. The molecule has 1 rings (SSSR count). The van der Waals surface area contributed by atoms with Gasteiger partial charge in [-0.1, -0.05) is 20.8 Å². The van der Waals surface area contributed by atoms with Crippen LogP contribution in [0.15, 0.2) is 16.5 Å². The molecule has 6 nitrogen and oxygen atoms in total. The molecule has 1 unspecified atom stereocenters. The number of furan rings is 1. The molecule has 0 aliphatic heterocycles. The first-order valence-electron chi connectivity index (χ1n) is 6.30. The van der Waals surface area contributed by atoms with Crippen LogP contribution in [0.4, 0.5) is 4.79 Å². The third kappa shape index (κ3) is 4.65. The van der Waals surface area contributed by atoms with E-state index in [0.717, 1.165) is 6.42 Å². The quantitative estimate of drug-likeness (QED) is 0.737. The predicted molar refractivity (Wildman–Crippen MR) is 70.0 cm³/mol. The van der Waals surface area contributed by atoms with Gasteiger partial charge in [-0.05, 0) is 24.5 Å². The zero-order chi connectivity index (χ0) is 14.4. The smallest absolute Gasteiger partial charge is 0.371 e. The Hall–Kier alpha value is -1.98. The second-order valence-corrected chi connectivity index (χ2v) is 4.66. The molecule has 6 heteroatoms. The van der Waals surface area contributed by atoms with E-state index in [9.17, 15) is 9.59 Å². The molecule has 0 aromatic carbocycles. The van der Waals surface area contributed by atoms with Crippen molar-refractivity contribution >= 4 is 12.0 Å². The van der Waals surface area contributed by atoms with Gasteiger partial charge in [-0.25, -0.2) is 9.59 Å². The first kappa shape index (κ1) is 15.1. The maximum atomic E-state index is 11.7. The Morgan fingerprint density at radius 3 is 2.53 bits per heavy atom. The summed E-state index contributed by atoms with van der Waals surface area (Å²) in [4.78, 5) is 22.3. The average Bonchev–Trinajstić information content (AvgIpc) is 2.82. The van der Waals surface area contributed by atoms with Crippen molar-refractivity contribution in [2.24, 2.45) is 5.92 Å². The summed E-state index contributed by atoms with van der Waals surface area (Å²) < 4.78 is 5.03. The molecule has 0 radical (unpaired) electrons. The summed E-state index contributed by atoms with van der Waals surface area (Å²) in [6.07, 6.45) is 0.856. The van der Waals surface area contributed by atoms with E-state index in [1.54, 1.807) is 0 Å². The number of carboxylic acids is 1. The summed E-state index contributed by atoms with van der Waals surface area (Å²) in [5.41, 5.74) is 0. The number of hydrogen-bond donors (Lipinski definition) is 3. The Morgan fingerprint density at radius 2 is 2.05 bits per heavy atom. The van der Waals surface area contributed by atoms with Gasteiger partial charge in [0.05, 0.1) is 6.54 Å². The lowest BCUT2D eigenvalue weighted by Crippen LogP contribution is -2.43. The second-order valence-electron chi connectivity index (χ2n) is 4.66. The van der Waals surface area contributed by atoms with Crippen molar-refractivity contribution in [3.8, 4) is 0 Å². The van der Waals surface area contributed by atoms with Crippen LogP contribution in [0, 0.1) is 5.92 Å². The van der Waals surface area contributed by atoms with E-state index in [4.69, 9.17) is 9.52 Å². The molecule has 0 saturated heterocycles. The fraction of sp³-hybridized carbons (Fsp3) is 0.538. The maximum Gasteiger partial charge on any atom is 0.371 e. The molecule has 1 heterocycles. The normalized spacial score (nSPS) is 12.2. The summed E-state index contributed by atoms with van der Waals surface area (Å²) in [6, 6.07) is 2.73. The first-order valence-corrected chi connectivity index (χ1v) is 6.30. The van der Waals surface area contributed by atoms with E-state index in [1.807, 2.05) is 20.8 Å². The molecule has 1 aromatic rings. The molecule has 0 saturated carbocycles. The topological polar surface area (TPSA) is 91.6 Å². The van der Waals surface area contributed by atoms with Gasteiger partial charge in [0, 0.05) is 6.04 Å². The van der Waals surface area contributed by atoms with Gasteiger partial charge in [0.2, 0.25) is 5.76 Å². The van der Waals surface area contributed by atoms with Crippen LogP contribution in [-0.4, -0.2) is 23.1 Å². The first-order chi connectivity index (χ1) is 8.93. The van der Waals surface area contributed by atoms with Crippen molar-refractivity contribution in [3.05, 3.63) is 23.7 Å². The van der Waals surface area contributed by atoms with E-state index < -0.39 is 5.97 Å². The molecule has 0 aliphatic rings. The van der Waals surface area contributed by atoms with E-state index in [1.165, 1.54) is 12.1 Å². The van der Waals surface area contributed by atoms with Gasteiger partial charge in [-0.3, -0.25) is 0 Å². The van der Waals surface area contributed by atoms with Gasteiger partial charge < -0.3 is 20.2 Å². The third-order valence-electron chi connectivity index (χ3n) is 2.86. The number of carbonyl (C=O) groups excluding carboxylic acids is 1. The van der Waals surface area contributed by atoms with Crippen molar-refractivity contribution in [2.75, 3.05) is 0 Å². The van der Waals surface area contributed by atoms with Crippen molar-refractivity contribution in [1.29, 1.82) is 0 Å². The Bertz CT molecular complexity index is 440. The van der Waals surface area contributed by atoms with Gasteiger partial charge in [0.25, 0.3) is 0 Å². The van der Waals surface area contributed by atoms with Gasteiger partial charge in [0.15, 0.2) is 0 Å². The second kappa shape index (κ2) is 6.82. The van der Waals surface area contributed by atoms with Crippen molar-refractivity contribution < 1.29 is 19.1 Å². The molecular formula is C13H20N2O4. The Balaban J connectivity index is 2.43.